The molecule has 0 radical (unpaired) electrons. The number of ketones is 1. The van der Waals surface area contributed by atoms with Crippen molar-refractivity contribution in [3.05, 3.63) is 47.5 Å². The maximum absolute atomic E-state index is 12.4. The van der Waals surface area contributed by atoms with Gasteiger partial charge in [-0.15, -0.1) is 0 Å². The monoisotopic (exact) mass is 358 g/mol. The van der Waals surface area contributed by atoms with Crippen LogP contribution in [0.1, 0.15) is 24.0 Å². The van der Waals surface area contributed by atoms with E-state index in [9.17, 15) is 4.79 Å². The standard InChI is InChI=1S/C21H26O5/c1-23-18-9-5-7-15(20(18)25-3)11-13-17(22)14-12-16-8-6-10-19(24-2)21(16)26-4/h5-10H,11-14H2,1-4H3. The van der Waals surface area contributed by atoms with E-state index in [1.165, 1.54) is 0 Å². The number of methoxy groups -OCH3 is 4. The molecule has 5 heteroatoms. The topological polar surface area (TPSA) is 54.0 Å². The molecule has 2 aromatic rings. The van der Waals surface area contributed by atoms with E-state index in [4.69, 9.17) is 18.9 Å². The summed E-state index contributed by atoms with van der Waals surface area (Å²) < 4.78 is 21.4. The molecular weight excluding hydrogens is 332 g/mol. The van der Waals surface area contributed by atoms with Crippen LogP contribution < -0.4 is 18.9 Å². The number of aryl methyl sites for hydroxylation is 2. The third-order valence-corrected chi connectivity index (χ3v) is 4.32. The molecule has 0 N–H and O–H groups in total. The van der Waals surface area contributed by atoms with Crippen molar-refractivity contribution >= 4 is 5.78 Å². The van der Waals surface area contributed by atoms with Gasteiger partial charge in [0.2, 0.25) is 0 Å². The van der Waals surface area contributed by atoms with Crippen molar-refractivity contribution < 1.29 is 23.7 Å². The average molecular weight is 358 g/mol. The van der Waals surface area contributed by atoms with Crippen LogP contribution in [-0.4, -0.2) is 34.2 Å². The summed E-state index contributed by atoms with van der Waals surface area (Å²) in [7, 11) is 6.43. The summed E-state index contributed by atoms with van der Waals surface area (Å²) >= 11 is 0. The number of para-hydroxylation sites is 2. The highest BCUT2D eigenvalue weighted by Crippen LogP contribution is 2.33. The number of benzene rings is 2. The minimum Gasteiger partial charge on any atom is -0.493 e. The van der Waals surface area contributed by atoms with Crippen molar-refractivity contribution in [3.8, 4) is 23.0 Å². The van der Waals surface area contributed by atoms with Gasteiger partial charge in [0.25, 0.3) is 0 Å². The molecule has 0 unspecified atom stereocenters. The lowest BCUT2D eigenvalue weighted by Gasteiger charge is -2.13. The normalized spacial score (nSPS) is 10.3. The van der Waals surface area contributed by atoms with Gasteiger partial charge in [0, 0.05) is 12.8 Å². The molecular formula is C21H26O5. The van der Waals surface area contributed by atoms with Crippen LogP contribution in [0.3, 0.4) is 0 Å². The van der Waals surface area contributed by atoms with Gasteiger partial charge in [-0.3, -0.25) is 4.79 Å². The molecule has 0 fully saturated rings. The van der Waals surface area contributed by atoms with E-state index in [1.54, 1.807) is 28.4 Å². The number of hydrogen-bond donors (Lipinski definition) is 0. The summed E-state index contributed by atoms with van der Waals surface area (Å²) in [5.74, 6) is 2.94. The van der Waals surface area contributed by atoms with Gasteiger partial charge in [0.1, 0.15) is 5.78 Å². The highest BCUT2D eigenvalue weighted by molar-refractivity contribution is 5.79. The van der Waals surface area contributed by atoms with E-state index in [2.05, 4.69) is 0 Å². The fourth-order valence-corrected chi connectivity index (χ4v) is 2.97. The maximum Gasteiger partial charge on any atom is 0.163 e. The molecule has 0 spiro atoms. The van der Waals surface area contributed by atoms with Crippen molar-refractivity contribution in [3.63, 3.8) is 0 Å². The summed E-state index contributed by atoms with van der Waals surface area (Å²) in [5, 5.41) is 0. The predicted molar refractivity (Wildman–Crippen MR) is 101 cm³/mol. The molecule has 0 aliphatic carbocycles. The van der Waals surface area contributed by atoms with Crippen molar-refractivity contribution in [1.82, 2.24) is 0 Å². The molecule has 0 heterocycles. The van der Waals surface area contributed by atoms with Gasteiger partial charge in [-0.2, -0.15) is 0 Å². The number of rotatable bonds is 10. The van der Waals surface area contributed by atoms with Crippen molar-refractivity contribution in [2.45, 2.75) is 25.7 Å². The Morgan fingerprint density at radius 3 is 1.46 bits per heavy atom. The lowest BCUT2D eigenvalue weighted by Crippen LogP contribution is -2.05. The summed E-state index contributed by atoms with van der Waals surface area (Å²) in [5.41, 5.74) is 1.94. The molecule has 0 aliphatic heterocycles. The molecule has 5 nitrogen and oxygen atoms in total. The van der Waals surface area contributed by atoms with Crippen LogP contribution in [0.25, 0.3) is 0 Å². The van der Waals surface area contributed by atoms with Crippen LogP contribution in [0.15, 0.2) is 36.4 Å². The third-order valence-electron chi connectivity index (χ3n) is 4.32. The smallest absolute Gasteiger partial charge is 0.163 e. The van der Waals surface area contributed by atoms with Gasteiger partial charge in [-0.1, -0.05) is 24.3 Å². The zero-order chi connectivity index (χ0) is 18.9. The minimum absolute atomic E-state index is 0.194. The fourth-order valence-electron chi connectivity index (χ4n) is 2.97. The maximum atomic E-state index is 12.4. The fraction of sp³-hybridized carbons (Fsp3) is 0.381. The van der Waals surface area contributed by atoms with E-state index in [0.717, 1.165) is 11.1 Å². The first-order chi connectivity index (χ1) is 12.6. The SMILES string of the molecule is COc1cccc(CCC(=O)CCc2cccc(OC)c2OC)c1OC. The van der Waals surface area contributed by atoms with Crippen LogP contribution in [0.2, 0.25) is 0 Å². The first-order valence-electron chi connectivity index (χ1n) is 8.56. The number of carbonyl (C=O) groups is 1. The Kier molecular flexibility index (Phi) is 7.33. The molecule has 0 amide bonds. The van der Waals surface area contributed by atoms with Crippen molar-refractivity contribution in [2.75, 3.05) is 28.4 Å². The van der Waals surface area contributed by atoms with Gasteiger partial charge in [0.05, 0.1) is 28.4 Å². The van der Waals surface area contributed by atoms with E-state index in [1.807, 2.05) is 36.4 Å². The largest absolute Gasteiger partial charge is 0.493 e. The summed E-state index contributed by atoms with van der Waals surface area (Å²) in [6.45, 7) is 0. The molecule has 0 aliphatic rings. The van der Waals surface area contributed by atoms with E-state index in [0.29, 0.717) is 48.7 Å². The van der Waals surface area contributed by atoms with Crippen molar-refractivity contribution in [1.29, 1.82) is 0 Å². The highest BCUT2D eigenvalue weighted by Gasteiger charge is 2.13. The second-order valence-electron chi connectivity index (χ2n) is 5.84. The van der Waals surface area contributed by atoms with Gasteiger partial charge in [-0.25, -0.2) is 0 Å². The molecule has 0 bridgehead atoms. The Labute approximate surface area is 154 Å². The Balaban J connectivity index is 1.97. The number of carbonyl (C=O) groups excluding carboxylic acids is 1. The molecule has 26 heavy (non-hydrogen) atoms. The molecule has 0 aromatic heterocycles. The molecule has 0 saturated carbocycles. The number of ether oxygens (including phenoxy) is 4. The Bertz CT molecular complexity index is 678. The Morgan fingerprint density at radius 2 is 1.12 bits per heavy atom. The zero-order valence-corrected chi connectivity index (χ0v) is 15.8. The lowest BCUT2D eigenvalue weighted by molar-refractivity contribution is -0.119. The van der Waals surface area contributed by atoms with E-state index in [-0.39, 0.29) is 5.78 Å². The second-order valence-corrected chi connectivity index (χ2v) is 5.84. The molecule has 2 aromatic carbocycles. The van der Waals surface area contributed by atoms with Gasteiger partial charge >= 0.3 is 0 Å². The van der Waals surface area contributed by atoms with Gasteiger partial charge in [-0.05, 0) is 36.1 Å². The third kappa shape index (κ3) is 4.69. The minimum atomic E-state index is 0.194. The summed E-state index contributed by atoms with van der Waals surface area (Å²) in [6, 6.07) is 11.4. The second kappa shape index (κ2) is 9.70. The van der Waals surface area contributed by atoms with Crippen LogP contribution in [0.4, 0.5) is 0 Å². The quantitative estimate of drug-likeness (QED) is 0.646. The van der Waals surface area contributed by atoms with E-state index >= 15 is 0 Å². The number of hydrogen-bond acceptors (Lipinski definition) is 5. The van der Waals surface area contributed by atoms with Crippen LogP contribution in [0.5, 0.6) is 23.0 Å². The molecule has 0 atom stereocenters. The lowest BCUT2D eigenvalue weighted by atomic mass is 10.0. The molecule has 2 rings (SSSR count). The van der Waals surface area contributed by atoms with Crippen molar-refractivity contribution in [2.24, 2.45) is 0 Å². The average Bonchev–Trinajstić information content (AvgIpc) is 2.69. The highest BCUT2D eigenvalue weighted by atomic mass is 16.5. The summed E-state index contributed by atoms with van der Waals surface area (Å²) in [4.78, 5) is 12.4. The Hall–Kier alpha value is -2.69. The van der Waals surface area contributed by atoms with Gasteiger partial charge < -0.3 is 18.9 Å². The summed E-state index contributed by atoms with van der Waals surface area (Å²) in [6.07, 6.45) is 2.15. The van der Waals surface area contributed by atoms with Crippen LogP contribution in [-0.2, 0) is 17.6 Å². The number of Topliss-reactive ketones (excluding diaryl/α,β-unsaturated/α-hetero) is 1. The van der Waals surface area contributed by atoms with Crippen LogP contribution >= 0.6 is 0 Å². The predicted octanol–water partition coefficient (Wildman–Crippen LogP) is 3.86. The zero-order valence-electron chi connectivity index (χ0n) is 15.8. The Morgan fingerprint density at radius 1 is 0.692 bits per heavy atom. The molecule has 0 saturated heterocycles. The first-order valence-corrected chi connectivity index (χ1v) is 8.56. The van der Waals surface area contributed by atoms with Crippen LogP contribution in [0, 0.1) is 0 Å². The first kappa shape index (κ1) is 19.6. The van der Waals surface area contributed by atoms with E-state index < -0.39 is 0 Å². The van der Waals surface area contributed by atoms with Gasteiger partial charge in [0.15, 0.2) is 23.0 Å². The molecule has 140 valence electrons.